The molecule has 0 unspecified atom stereocenters. The van der Waals surface area contributed by atoms with Gasteiger partial charge in [0.15, 0.2) is 0 Å². The monoisotopic (exact) mass is 454 g/mol. The molecule has 0 aliphatic rings. The van der Waals surface area contributed by atoms with Gasteiger partial charge in [-0.2, -0.15) is 4.98 Å². The Hall–Kier alpha value is -4.00. The van der Waals surface area contributed by atoms with Crippen molar-refractivity contribution >= 4 is 33.6 Å². The molecule has 0 atom stereocenters. The third-order valence-corrected chi connectivity index (χ3v) is 5.90. The van der Waals surface area contributed by atoms with E-state index < -0.39 is 0 Å². The summed E-state index contributed by atoms with van der Waals surface area (Å²) in [7, 11) is 0. The van der Waals surface area contributed by atoms with Crippen LogP contribution in [-0.2, 0) is 12.8 Å². The quantitative estimate of drug-likeness (QED) is 0.242. The van der Waals surface area contributed by atoms with Crippen LogP contribution in [0.4, 0.5) is 11.8 Å². The molecular formula is C27H30N6O. The van der Waals surface area contributed by atoms with Gasteiger partial charge in [-0.15, -0.1) is 0 Å². The highest BCUT2D eigenvalue weighted by atomic mass is 16.5. The highest BCUT2D eigenvalue weighted by Gasteiger charge is 2.10. The standard InChI is InChI=1S/C27H30N6O/c1-17(2)16-34-22-4-6-25-23(13-22)20(14-31-25)8-10-30-26-21(15-32-27(28)33-26)12-18-3-5-24-19(11-18)7-9-29-24/h3-7,9,11,13-15,17,29,31H,8,10,12,16H2,1-2H3,(H3,28,30,32,33). The van der Waals surface area contributed by atoms with Crippen molar-refractivity contribution in [3.05, 3.63) is 77.7 Å². The number of ether oxygens (including phenoxy) is 1. The molecule has 34 heavy (non-hydrogen) atoms. The summed E-state index contributed by atoms with van der Waals surface area (Å²) in [5, 5.41) is 5.86. The van der Waals surface area contributed by atoms with Crippen molar-refractivity contribution in [1.82, 2.24) is 19.9 Å². The largest absolute Gasteiger partial charge is 0.493 e. The van der Waals surface area contributed by atoms with Crippen LogP contribution in [0.15, 0.2) is 61.1 Å². The summed E-state index contributed by atoms with van der Waals surface area (Å²) < 4.78 is 5.92. The van der Waals surface area contributed by atoms with Gasteiger partial charge in [0, 0.05) is 53.5 Å². The fourth-order valence-electron chi connectivity index (χ4n) is 4.17. The maximum absolute atomic E-state index is 5.92. The molecule has 2 aromatic carbocycles. The number of nitrogens with two attached hydrogens (primary N) is 1. The molecular weight excluding hydrogens is 424 g/mol. The van der Waals surface area contributed by atoms with Gasteiger partial charge >= 0.3 is 0 Å². The van der Waals surface area contributed by atoms with Crippen molar-refractivity contribution in [3.63, 3.8) is 0 Å². The molecule has 5 aromatic rings. The molecule has 0 saturated heterocycles. The summed E-state index contributed by atoms with van der Waals surface area (Å²) >= 11 is 0. The Morgan fingerprint density at radius 2 is 1.91 bits per heavy atom. The summed E-state index contributed by atoms with van der Waals surface area (Å²) in [6.07, 6.45) is 7.41. The lowest BCUT2D eigenvalue weighted by atomic mass is 10.0. The van der Waals surface area contributed by atoms with Crippen LogP contribution < -0.4 is 15.8 Å². The minimum absolute atomic E-state index is 0.270. The van der Waals surface area contributed by atoms with E-state index in [1.807, 2.05) is 18.5 Å². The first-order valence-electron chi connectivity index (χ1n) is 11.7. The normalized spacial score (nSPS) is 11.5. The average molecular weight is 455 g/mol. The lowest BCUT2D eigenvalue weighted by Gasteiger charge is -2.12. The second-order valence-electron chi connectivity index (χ2n) is 9.08. The Labute approximate surface area is 198 Å². The average Bonchev–Trinajstić information content (AvgIpc) is 3.46. The van der Waals surface area contributed by atoms with E-state index in [1.54, 1.807) is 0 Å². The van der Waals surface area contributed by atoms with Crippen LogP contribution in [0.1, 0.15) is 30.5 Å². The molecule has 0 aliphatic carbocycles. The number of fused-ring (bicyclic) bond motifs is 2. The van der Waals surface area contributed by atoms with E-state index in [4.69, 9.17) is 10.5 Å². The molecule has 5 N–H and O–H groups in total. The van der Waals surface area contributed by atoms with E-state index in [1.165, 1.54) is 21.9 Å². The number of nitrogens with one attached hydrogen (secondary N) is 3. The van der Waals surface area contributed by atoms with Gasteiger partial charge in [-0.1, -0.05) is 19.9 Å². The van der Waals surface area contributed by atoms with E-state index in [0.717, 1.165) is 47.6 Å². The molecule has 0 aliphatic heterocycles. The van der Waals surface area contributed by atoms with Crippen LogP contribution in [0.2, 0.25) is 0 Å². The zero-order valence-electron chi connectivity index (χ0n) is 19.6. The number of hydrogen-bond donors (Lipinski definition) is 4. The molecule has 0 radical (unpaired) electrons. The number of benzene rings is 2. The van der Waals surface area contributed by atoms with E-state index in [0.29, 0.717) is 12.5 Å². The van der Waals surface area contributed by atoms with Gasteiger partial charge in [-0.3, -0.25) is 0 Å². The number of rotatable bonds is 9. The number of nitrogen functional groups attached to an aromatic ring is 1. The minimum Gasteiger partial charge on any atom is -0.493 e. The van der Waals surface area contributed by atoms with Gasteiger partial charge in [0.05, 0.1) is 6.61 Å². The Bertz CT molecular complexity index is 1420. The maximum Gasteiger partial charge on any atom is 0.221 e. The zero-order chi connectivity index (χ0) is 23.5. The number of H-pyrrole nitrogens is 2. The smallest absolute Gasteiger partial charge is 0.221 e. The van der Waals surface area contributed by atoms with Crippen molar-refractivity contribution in [2.24, 2.45) is 5.92 Å². The summed E-state index contributed by atoms with van der Waals surface area (Å²) in [6.45, 7) is 5.74. The Morgan fingerprint density at radius 1 is 1.03 bits per heavy atom. The van der Waals surface area contributed by atoms with Crippen LogP contribution in [0.25, 0.3) is 21.8 Å². The molecule has 0 amide bonds. The van der Waals surface area contributed by atoms with Crippen LogP contribution >= 0.6 is 0 Å². The second kappa shape index (κ2) is 9.47. The molecule has 7 nitrogen and oxygen atoms in total. The number of aromatic amines is 2. The SMILES string of the molecule is CC(C)COc1ccc2[nH]cc(CCNc3nc(N)ncc3Cc3ccc4[nH]ccc4c3)c2c1. The maximum atomic E-state index is 5.92. The van der Waals surface area contributed by atoms with Crippen LogP contribution in [-0.4, -0.2) is 33.1 Å². The van der Waals surface area contributed by atoms with E-state index in [9.17, 15) is 0 Å². The van der Waals surface area contributed by atoms with Gasteiger partial charge in [-0.25, -0.2) is 4.98 Å². The predicted molar refractivity (Wildman–Crippen MR) is 138 cm³/mol. The van der Waals surface area contributed by atoms with E-state index >= 15 is 0 Å². The number of hydrogen-bond acceptors (Lipinski definition) is 5. The van der Waals surface area contributed by atoms with E-state index in [2.05, 4.69) is 81.7 Å². The van der Waals surface area contributed by atoms with Gasteiger partial charge < -0.3 is 25.8 Å². The van der Waals surface area contributed by atoms with Crippen LogP contribution in [0.5, 0.6) is 5.75 Å². The molecule has 7 heteroatoms. The van der Waals surface area contributed by atoms with Crippen LogP contribution in [0.3, 0.4) is 0 Å². The van der Waals surface area contributed by atoms with Crippen LogP contribution in [0, 0.1) is 5.92 Å². The first-order valence-corrected chi connectivity index (χ1v) is 11.7. The predicted octanol–water partition coefficient (Wildman–Crippen LogP) is 5.30. The molecule has 3 heterocycles. The third kappa shape index (κ3) is 4.83. The zero-order valence-corrected chi connectivity index (χ0v) is 19.6. The second-order valence-corrected chi connectivity index (χ2v) is 9.08. The highest BCUT2D eigenvalue weighted by Crippen LogP contribution is 2.25. The molecule has 5 rings (SSSR count). The Balaban J connectivity index is 1.29. The third-order valence-electron chi connectivity index (χ3n) is 5.90. The van der Waals surface area contributed by atoms with Gasteiger partial charge in [0.2, 0.25) is 5.95 Å². The number of aromatic nitrogens is 4. The Kier molecular flexibility index (Phi) is 6.08. The molecule has 0 saturated carbocycles. The summed E-state index contributed by atoms with van der Waals surface area (Å²) in [5.41, 5.74) is 11.6. The van der Waals surface area contributed by atoms with Crippen molar-refractivity contribution in [2.75, 3.05) is 24.2 Å². The Morgan fingerprint density at radius 3 is 2.79 bits per heavy atom. The van der Waals surface area contributed by atoms with Crippen molar-refractivity contribution in [3.8, 4) is 5.75 Å². The molecule has 174 valence electrons. The van der Waals surface area contributed by atoms with Crippen molar-refractivity contribution in [2.45, 2.75) is 26.7 Å². The summed E-state index contributed by atoms with van der Waals surface area (Å²) in [5.74, 6) is 2.44. The van der Waals surface area contributed by atoms with Gasteiger partial charge in [0.1, 0.15) is 11.6 Å². The summed E-state index contributed by atoms with van der Waals surface area (Å²) in [6, 6.07) is 14.7. The molecule has 0 fully saturated rings. The lowest BCUT2D eigenvalue weighted by molar-refractivity contribution is 0.271. The lowest BCUT2D eigenvalue weighted by Crippen LogP contribution is -2.11. The first kappa shape index (κ1) is 21.8. The van der Waals surface area contributed by atoms with Crippen molar-refractivity contribution in [1.29, 1.82) is 0 Å². The van der Waals surface area contributed by atoms with Gasteiger partial charge in [0.25, 0.3) is 0 Å². The summed E-state index contributed by atoms with van der Waals surface area (Å²) in [4.78, 5) is 15.3. The van der Waals surface area contributed by atoms with Gasteiger partial charge in [-0.05, 0) is 65.3 Å². The molecule has 0 bridgehead atoms. The van der Waals surface area contributed by atoms with Crippen molar-refractivity contribution < 1.29 is 4.74 Å². The fourth-order valence-corrected chi connectivity index (χ4v) is 4.17. The molecule has 0 spiro atoms. The minimum atomic E-state index is 0.270. The number of nitrogens with zero attached hydrogens (tertiary/aromatic N) is 2. The fraction of sp³-hybridized carbons (Fsp3) is 0.259. The number of anilines is 2. The topological polar surface area (TPSA) is 105 Å². The van der Waals surface area contributed by atoms with E-state index in [-0.39, 0.29) is 5.95 Å². The molecule has 3 aromatic heterocycles. The highest BCUT2D eigenvalue weighted by molar-refractivity contribution is 5.84. The first-order chi connectivity index (χ1) is 16.5.